The molecule has 3 aromatic carbocycles. The summed E-state index contributed by atoms with van der Waals surface area (Å²) in [5, 5.41) is 0. The molecule has 162 valence electrons. The first kappa shape index (κ1) is 21.4. The maximum Gasteiger partial charge on any atom is 0.282 e. The standard InChI is InChI=1S/C27H27N3O2/c1-19-10-12-21(13-11-19)24-25(29(4)18-20-8-6-5-7-9-20)27(32)30(26(24)31)23-16-14-22(15-17-23)28(2)3/h5-17H,18H2,1-4H3. The lowest BCUT2D eigenvalue weighted by Gasteiger charge is -2.22. The van der Waals surface area contributed by atoms with Gasteiger partial charge in [0.15, 0.2) is 0 Å². The van der Waals surface area contributed by atoms with Crippen LogP contribution in [0.5, 0.6) is 0 Å². The number of carbonyl (C=O) groups excluding carboxylic acids is 2. The molecule has 3 aromatic rings. The van der Waals surface area contributed by atoms with Crippen LogP contribution in [0.15, 0.2) is 84.6 Å². The van der Waals surface area contributed by atoms with E-state index in [2.05, 4.69) is 0 Å². The highest BCUT2D eigenvalue weighted by molar-refractivity contribution is 6.45. The van der Waals surface area contributed by atoms with Gasteiger partial charge in [0.1, 0.15) is 5.70 Å². The average molecular weight is 426 g/mol. The molecule has 0 atom stereocenters. The lowest BCUT2D eigenvalue weighted by atomic mass is 10.0. The molecule has 0 fully saturated rings. The fourth-order valence-corrected chi connectivity index (χ4v) is 3.92. The van der Waals surface area contributed by atoms with Gasteiger partial charge in [-0.05, 0) is 42.3 Å². The van der Waals surface area contributed by atoms with Gasteiger partial charge in [-0.2, -0.15) is 0 Å². The van der Waals surface area contributed by atoms with Crippen molar-refractivity contribution < 1.29 is 9.59 Å². The van der Waals surface area contributed by atoms with Crippen LogP contribution in [-0.2, 0) is 16.1 Å². The molecule has 0 saturated heterocycles. The van der Waals surface area contributed by atoms with Crippen LogP contribution in [0.25, 0.3) is 5.57 Å². The normalized spacial score (nSPS) is 13.7. The number of likely N-dealkylation sites (N-methyl/N-ethyl adjacent to an activating group) is 1. The summed E-state index contributed by atoms with van der Waals surface area (Å²) in [6, 6.07) is 25.1. The summed E-state index contributed by atoms with van der Waals surface area (Å²) in [6.45, 7) is 2.53. The lowest BCUT2D eigenvalue weighted by molar-refractivity contribution is -0.120. The molecule has 2 amide bonds. The van der Waals surface area contributed by atoms with E-state index in [-0.39, 0.29) is 11.8 Å². The Labute approximate surface area is 189 Å². The number of hydrogen-bond donors (Lipinski definition) is 0. The molecule has 1 aliphatic heterocycles. The zero-order valence-corrected chi connectivity index (χ0v) is 18.9. The number of benzene rings is 3. The molecule has 0 aliphatic carbocycles. The predicted molar refractivity (Wildman–Crippen MR) is 129 cm³/mol. The number of anilines is 2. The zero-order valence-electron chi connectivity index (χ0n) is 18.9. The molecular formula is C27H27N3O2. The highest BCUT2D eigenvalue weighted by atomic mass is 16.2. The predicted octanol–water partition coefficient (Wildman–Crippen LogP) is 4.48. The number of rotatable bonds is 6. The van der Waals surface area contributed by atoms with Gasteiger partial charge in [0.2, 0.25) is 0 Å². The number of nitrogens with zero attached hydrogens (tertiary/aromatic N) is 3. The molecule has 0 unspecified atom stereocenters. The van der Waals surface area contributed by atoms with Crippen LogP contribution in [0.4, 0.5) is 11.4 Å². The van der Waals surface area contributed by atoms with E-state index >= 15 is 0 Å². The minimum Gasteiger partial charge on any atom is -0.378 e. The second kappa shape index (κ2) is 8.71. The van der Waals surface area contributed by atoms with Crippen molar-refractivity contribution >= 4 is 28.8 Å². The van der Waals surface area contributed by atoms with E-state index in [1.54, 1.807) is 0 Å². The topological polar surface area (TPSA) is 43.9 Å². The molecule has 5 nitrogen and oxygen atoms in total. The third-order valence-electron chi connectivity index (χ3n) is 5.67. The zero-order chi connectivity index (χ0) is 22.8. The number of aryl methyl sites for hydroxylation is 1. The molecule has 0 aromatic heterocycles. The van der Waals surface area contributed by atoms with Crippen molar-refractivity contribution in [2.24, 2.45) is 0 Å². The van der Waals surface area contributed by atoms with E-state index in [4.69, 9.17) is 0 Å². The molecule has 0 N–H and O–H groups in total. The summed E-state index contributed by atoms with van der Waals surface area (Å²) in [6.07, 6.45) is 0. The Morgan fingerprint density at radius 2 is 1.38 bits per heavy atom. The largest absolute Gasteiger partial charge is 0.378 e. The average Bonchev–Trinajstić information content (AvgIpc) is 3.05. The van der Waals surface area contributed by atoms with Gasteiger partial charge in [0, 0.05) is 33.4 Å². The van der Waals surface area contributed by atoms with Gasteiger partial charge in [-0.25, -0.2) is 4.90 Å². The van der Waals surface area contributed by atoms with E-state index in [0.717, 1.165) is 22.4 Å². The van der Waals surface area contributed by atoms with Crippen LogP contribution < -0.4 is 9.80 Å². The molecule has 5 heteroatoms. The SMILES string of the molecule is Cc1ccc(C2=C(N(C)Cc3ccccc3)C(=O)N(c3ccc(N(C)C)cc3)C2=O)cc1. The van der Waals surface area contributed by atoms with Crippen LogP contribution in [0.1, 0.15) is 16.7 Å². The van der Waals surface area contributed by atoms with Crippen molar-refractivity contribution in [3.05, 3.63) is 101 Å². The van der Waals surface area contributed by atoms with Crippen molar-refractivity contribution in [2.45, 2.75) is 13.5 Å². The summed E-state index contributed by atoms with van der Waals surface area (Å²) in [7, 11) is 5.77. The third-order valence-corrected chi connectivity index (χ3v) is 5.67. The van der Waals surface area contributed by atoms with Crippen LogP contribution in [0.2, 0.25) is 0 Å². The minimum atomic E-state index is -0.304. The van der Waals surface area contributed by atoms with E-state index in [0.29, 0.717) is 23.5 Å². The Hall–Kier alpha value is -3.86. The highest BCUT2D eigenvalue weighted by Crippen LogP contribution is 2.35. The highest BCUT2D eigenvalue weighted by Gasteiger charge is 2.41. The molecule has 0 bridgehead atoms. The molecule has 1 heterocycles. The summed E-state index contributed by atoms with van der Waals surface area (Å²) in [4.78, 5) is 32.3. The third kappa shape index (κ3) is 4.02. The van der Waals surface area contributed by atoms with Crippen LogP contribution >= 0.6 is 0 Å². The summed E-state index contributed by atoms with van der Waals surface area (Å²) in [5.41, 5.74) is 5.33. The summed E-state index contributed by atoms with van der Waals surface area (Å²) < 4.78 is 0. The van der Waals surface area contributed by atoms with Crippen LogP contribution in [0.3, 0.4) is 0 Å². The smallest absolute Gasteiger partial charge is 0.282 e. The fraction of sp³-hybridized carbons (Fsp3) is 0.185. The second-order valence-electron chi connectivity index (χ2n) is 8.29. The van der Waals surface area contributed by atoms with E-state index in [1.165, 1.54) is 4.90 Å². The number of amides is 2. The molecule has 4 rings (SSSR count). The minimum absolute atomic E-state index is 0.300. The lowest BCUT2D eigenvalue weighted by Crippen LogP contribution is -2.34. The van der Waals surface area contributed by atoms with E-state index < -0.39 is 0 Å². The van der Waals surface area contributed by atoms with Crippen molar-refractivity contribution in [1.82, 2.24) is 4.90 Å². The Bertz CT molecular complexity index is 1160. The fourth-order valence-electron chi connectivity index (χ4n) is 3.92. The molecule has 0 spiro atoms. The Balaban J connectivity index is 1.76. The van der Waals surface area contributed by atoms with Crippen molar-refractivity contribution in [3.63, 3.8) is 0 Å². The number of imide groups is 1. The quantitative estimate of drug-likeness (QED) is 0.547. The maximum atomic E-state index is 13.6. The molecule has 32 heavy (non-hydrogen) atoms. The number of carbonyl (C=O) groups is 2. The monoisotopic (exact) mass is 425 g/mol. The molecule has 0 radical (unpaired) electrons. The Kier molecular flexibility index (Phi) is 5.82. The first-order valence-corrected chi connectivity index (χ1v) is 10.6. The van der Waals surface area contributed by atoms with Crippen molar-refractivity contribution in [3.8, 4) is 0 Å². The van der Waals surface area contributed by atoms with Crippen LogP contribution in [-0.4, -0.2) is 37.9 Å². The molecular weight excluding hydrogens is 398 g/mol. The van der Waals surface area contributed by atoms with Gasteiger partial charge in [0.25, 0.3) is 11.8 Å². The maximum absolute atomic E-state index is 13.6. The van der Waals surface area contributed by atoms with Crippen molar-refractivity contribution in [2.75, 3.05) is 30.9 Å². The molecule has 0 saturated carbocycles. The van der Waals surface area contributed by atoms with Gasteiger partial charge in [0.05, 0.1) is 11.3 Å². The van der Waals surface area contributed by atoms with Crippen molar-refractivity contribution in [1.29, 1.82) is 0 Å². The van der Waals surface area contributed by atoms with Crippen LogP contribution in [0, 0.1) is 6.92 Å². The van der Waals surface area contributed by atoms with Gasteiger partial charge < -0.3 is 9.80 Å². The Morgan fingerprint density at radius 3 is 1.97 bits per heavy atom. The molecule has 1 aliphatic rings. The van der Waals surface area contributed by atoms with Gasteiger partial charge >= 0.3 is 0 Å². The Morgan fingerprint density at radius 1 is 0.750 bits per heavy atom. The first-order chi connectivity index (χ1) is 15.4. The van der Waals surface area contributed by atoms with E-state index in [1.807, 2.05) is 117 Å². The van der Waals surface area contributed by atoms with Gasteiger partial charge in [-0.3, -0.25) is 9.59 Å². The van der Waals surface area contributed by atoms with E-state index in [9.17, 15) is 9.59 Å². The first-order valence-electron chi connectivity index (χ1n) is 10.6. The van der Waals surface area contributed by atoms with Gasteiger partial charge in [-0.1, -0.05) is 60.2 Å². The summed E-state index contributed by atoms with van der Waals surface area (Å²) in [5.74, 6) is -0.604. The second-order valence-corrected chi connectivity index (χ2v) is 8.29. The number of hydrogen-bond acceptors (Lipinski definition) is 4. The van der Waals surface area contributed by atoms with Gasteiger partial charge in [-0.15, -0.1) is 0 Å². The summed E-state index contributed by atoms with van der Waals surface area (Å²) >= 11 is 0.